The fourth-order valence-corrected chi connectivity index (χ4v) is 1.98. The van der Waals surface area contributed by atoms with Crippen molar-refractivity contribution in [2.24, 2.45) is 5.41 Å². The molecule has 16 heavy (non-hydrogen) atoms. The van der Waals surface area contributed by atoms with Crippen molar-refractivity contribution >= 4 is 11.8 Å². The highest BCUT2D eigenvalue weighted by atomic mass is 16.5. The highest BCUT2D eigenvalue weighted by Gasteiger charge is 2.36. The second-order valence-corrected chi connectivity index (χ2v) is 5.16. The van der Waals surface area contributed by atoms with Crippen LogP contribution in [0.4, 0.5) is 0 Å². The minimum absolute atomic E-state index is 0.0290. The summed E-state index contributed by atoms with van der Waals surface area (Å²) in [6, 6.07) is 0. The van der Waals surface area contributed by atoms with Crippen molar-refractivity contribution in [2.45, 2.75) is 39.5 Å². The zero-order valence-corrected chi connectivity index (χ0v) is 10.4. The lowest BCUT2D eigenvalue weighted by Gasteiger charge is -2.34. The first-order chi connectivity index (χ1) is 7.46. The van der Waals surface area contributed by atoms with Crippen LogP contribution in [-0.2, 0) is 14.3 Å². The van der Waals surface area contributed by atoms with Crippen LogP contribution in [-0.4, -0.2) is 37.0 Å². The van der Waals surface area contributed by atoms with Gasteiger partial charge in [-0.2, -0.15) is 0 Å². The number of carbonyl (C=O) groups is 2. The molecule has 0 radical (unpaired) electrons. The number of rotatable bonds is 5. The van der Waals surface area contributed by atoms with Crippen LogP contribution in [0.15, 0.2) is 0 Å². The molecule has 1 heterocycles. The molecular formula is C12H21NO3. The van der Waals surface area contributed by atoms with E-state index >= 15 is 0 Å². The summed E-state index contributed by atoms with van der Waals surface area (Å²) < 4.78 is 4.93. The van der Waals surface area contributed by atoms with Gasteiger partial charge in [0.05, 0.1) is 0 Å². The molecular weight excluding hydrogens is 206 g/mol. The van der Waals surface area contributed by atoms with E-state index in [1.807, 2.05) is 13.8 Å². The minimum atomic E-state index is -0.169. The van der Waals surface area contributed by atoms with E-state index in [4.69, 9.17) is 4.74 Å². The molecule has 0 aromatic rings. The molecule has 2 amide bonds. The Kier molecular flexibility index (Phi) is 4.47. The Hall–Kier alpha value is -0.900. The Balaban J connectivity index is 2.42. The number of carbonyl (C=O) groups excluding carboxylic acids is 2. The van der Waals surface area contributed by atoms with Gasteiger partial charge < -0.3 is 4.74 Å². The van der Waals surface area contributed by atoms with Crippen LogP contribution < -0.4 is 0 Å². The quantitative estimate of drug-likeness (QED) is 0.529. The summed E-state index contributed by atoms with van der Waals surface area (Å²) in [7, 11) is 1.65. The van der Waals surface area contributed by atoms with Crippen LogP contribution in [0, 0.1) is 5.41 Å². The predicted octanol–water partition coefficient (Wildman–Crippen LogP) is 1.59. The molecule has 1 aliphatic heterocycles. The highest BCUT2D eigenvalue weighted by molar-refractivity contribution is 5.98. The molecule has 0 aromatic heterocycles. The van der Waals surface area contributed by atoms with E-state index in [1.54, 1.807) is 7.11 Å². The summed E-state index contributed by atoms with van der Waals surface area (Å²) in [5.41, 5.74) is -0.169. The minimum Gasteiger partial charge on any atom is -0.385 e. The highest BCUT2D eigenvalue weighted by Crippen LogP contribution is 2.31. The number of imide groups is 1. The van der Waals surface area contributed by atoms with E-state index in [0.29, 0.717) is 26.0 Å². The second-order valence-electron chi connectivity index (χ2n) is 5.16. The number of unbranched alkanes of at least 4 members (excludes halogenated alkanes) is 1. The lowest BCUT2D eigenvalue weighted by Crippen LogP contribution is -2.46. The Morgan fingerprint density at radius 3 is 2.25 bits per heavy atom. The molecule has 1 fully saturated rings. The average Bonchev–Trinajstić information content (AvgIpc) is 2.13. The smallest absolute Gasteiger partial charge is 0.229 e. The number of hydrogen-bond donors (Lipinski definition) is 0. The van der Waals surface area contributed by atoms with Gasteiger partial charge in [0, 0.05) is 33.1 Å². The van der Waals surface area contributed by atoms with E-state index in [9.17, 15) is 9.59 Å². The zero-order chi connectivity index (χ0) is 12.2. The van der Waals surface area contributed by atoms with Gasteiger partial charge in [-0.15, -0.1) is 0 Å². The normalized spacial score (nSPS) is 20.3. The predicted molar refractivity (Wildman–Crippen MR) is 60.8 cm³/mol. The maximum atomic E-state index is 11.8. The lowest BCUT2D eigenvalue weighted by molar-refractivity contribution is -0.152. The number of piperidine rings is 1. The van der Waals surface area contributed by atoms with E-state index < -0.39 is 0 Å². The molecule has 4 heteroatoms. The number of amides is 2. The Morgan fingerprint density at radius 1 is 1.19 bits per heavy atom. The molecule has 0 bridgehead atoms. The third-order valence-electron chi connectivity index (χ3n) is 2.84. The van der Waals surface area contributed by atoms with Gasteiger partial charge in [0.2, 0.25) is 11.8 Å². The molecule has 0 aliphatic carbocycles. The molecule has 0 aromatic carbocycles. The molecule has 1 aliphatic rings. The van der Waals surface area contributed by atoms with Crippen molar-refractivity contribution in [3.05, 3.63) is 0 Å². The third kappa shape index (κ3) is 3.59. The van der Waals surface area contributed by atoms with Gasteiger partial charge in [-0.3, -0.25) is 14.5 Å². The fourth-order valence-electron chi connectivity index (χ4n) is 1.98. The van der Waals surface area contributed by atoms with E-state index in [-0.39, 0.29) is 17.2 Å². The van der Waals surface area contributed by atoms with Gasteiger partial charge in [-0.25, -0.2) is 0 Å². The van der Waals surface area contributed by atoms with Gasteiger partial charge in [-0.05, 0) is 18.3 Å². The standard InChI is InChI=1S/C12H21NO3/c1-12(2)8-10(14)13(11(15)9-12)6-4-5-7-16-3/h4-9H2,1-3H3. The van der Waals surface area contributed by atoms with Crippen molar-refractivity contribution in [2.75, 3.05) is 20.3 Å². The van der Waals surface area contributed by atoms with Gasteiger partial charge in [-0.1, -0.05) is 13.8 Å². The number of nitrogens with zero attached hydrogens (tertiary/aromatic N) is 1. The summed E-state index contributed by atoms with van der Waals surface area (Å²) >= 11 is 0. The summed E-state index contributed by atoms with van der Waals surface area (Å²) in [4.78, 5) is 24.9. The summed E-state index contributed by atoms with van der Waals surface area (Å²) in [6.45, 7) is 5.15. The second kappa shape index (κ2) is 5.43. The van der Waals surface area contributed by atoms with Crippen LogP contribution in [0.5, 0.6) is 0 Å². The van der Waals surface area contributed by atoms with E-state index in [0.717, 1.165) is 12.8 Å². The summed E-state index contributed by atoms with van der Waals surface area (Å²) in [6.07, 6.45) is 2.66. The molecule has 0 N–H and O–H groups in total. The Bertz CT molecular complexity index is 253. The number of methoxy groups -OCH3 is 1. The van der Waals surface area contributed by atoms with Gasteiger partial charge in [0.1, 0.15) is 0 Å². The van der Waals surface area contributed by atoms with Crippen LogP contribution in [0.1, 0.15) is 39.5 Å². The number of ether oxygens (including phenoxy) is 1. The first-order valence-corrected chi connectivity index (χ1v) is 5.78. The summed E-state index contributed by atoms with van der Waals surface area (Å²) in [5, 5.41) is 0. The van der Waals surface area contributed by atoms with Crippen molar-refractivity contribution in [3.63, 3.8) is 0 Å². The molecule has 0 unspecified atom stereocenters. The number of hydrogen-bond acceptors (Lipinski definition) is 3. The van der Waals surface area contributed by atoms with E-state index in [2.05, 4.69) is 0 Å². The van der Waals surface area contributed by atoms with Gasteiger partial charge in [0.25, 0.3) is 0 Å². The Labute approximate surface area is 96.9 Å². The van der Waals surface area contributed by atoms with E-state index in [1.165, 1.54) is 4.90 Å². The molecule has 0 saturated carbocycles. The molecule has 1 rings (SSSR count). The van der Waals surface area contributed by atoms with Gasteiger partial charge in [0.15, 0.2) is 0 Å². The van der Waals surface area contributed by atoms with Crippen molar-refractivity contribution in [1.82, 2.24) is 4.90 Å². The summed E-state index contributed by atoms with van der Waals surface area (Å²) in [5.74, 6) is -0.0580. The maximum Gasteiger partial charge on any atom is 0.229 e. The zero-order valence-electron chi connectivity index (χ0n) is 10.4. The molecule has 1 saturated heterocycles. The van der Waals surface area contributed by atoms with Crippen LogP contribution in [0.2, 0.25) is 0 Å². The van der Waals surface area contributed by atoms with Crippen molar-refractivity contribution in [1.29, 1.82) is 0 Å². The van der Waals surface area contributed by atoms with Crippen LogP contribution in [0.3, 0.4) is 0 Å². The number of likely N-dealkylation sites (tertiary alicyclic amines) is 1. The van der Waals surface area contributed by atoms with Gasteiger partial charge >= 0.3 is 0 Å². The first-order valence-electron chi connectivity index (χ1n) is 5.78. The Morgan fingerprint density at radius 2 is 1.75 bits per heavy atom. The van der Waals surface area contributed by atoms with Crippen molar-refractivity contribution < 1.29 is 14.3 Å². The SMILES string of the molecule is COCCCCN1C(=O)CC(C)(C)CC1=O. The molecule has 0 spiro atoms. The largest absolute Gasteiger partial charge is 0.385 e. The lowest BCUT2D eigenvalue weighted by atomic mass is 9.82. The third-order valence-corrected chi connectivity index (χ3v) is 2.84. The first kappa shape index (κ1) is 13.2. The maximum absolute atomic E-state index is 11.8. The van der Waals surface area contributed by atoms with Crippen molar-refractivity contribution in [3.8, 4) is 0 Å². The molecule has 0 atom stereocenters. The monoisotopic (exact) mass is 227 g/mol. The average molecular weight is 227 g/mol. The van der Waals surface area contributed by atoms with Crippen LogP contribution in [0.25, 0.3) is 0 Å². The molecule has 4 nitrogen and oxygen atoms in total. The van der Waals surface area contributed by atoms with Crippen LogP contribution >= 0.6 is 0 Å². The topological polar surface area (TPSA) is 46.6 Å². The fraction of sp³-hybridized carbons (Fsp3) is 0.833. The molecule has 92 valence electrons.